The number of benzene rings is 1. The highest BCUT2D eigenvalue weighted by Gasteiger charge is 2.52. The third-order valence-electron chi connectivity index (χ3n) is 3.25. The van der Waals surface area contributed by atoms with Gasteiger partial charge in [0.15, 0.2) is 0 Å². The number of nitrogens with zero attached hydrogens (tertiary/aromatic N) is 1. The van der Waals surface area contributed by atoms with Crippen molar-refractivity contribution in [2.45, 2.75) is 18.3 Å². The molecule has 0 N–H and O–H groups in total. The first kappa shape index (κ1) is 11.5. The predicted molar refractivity (Wildman–Crippen MR) is 65.7 cm³/mol. The van der Waals surface area contributed by atoms with Gasteiger partial charge in [0, 0.05) is 19.5 Å². The van der Waals surface area contributed by atoms with Crippen LogP contribution in [0.25, 0.3) is 0 Å². The molecule has 0 aromatic heterocycles. The molecule has 0 spiro atoms. The van der Waals surface area contributed by atoms with Crippen LogP contribution in [-0.4, -0.2) is 30.3 Å². The van der Waals surface area contributed by atoms with Gasteiger partial charge in [-0.25, -0.2) is 0 Å². The molecule has 1 aliphatic rings. The Balaban J connectivity index is 2.17. The van der Waals surface area contributed by atoms with Crippen LogP contribution in [-0.2, 0) is 10.2 Å². The molecule has 0 saturated heterocycles. The van der Waals surface area contributed by atoms with Crippen molar-refractivity contribution in [3.05, 3.63) is 35.9 Å². The number of carbonyl (C=O) groups excluding carboxylic acids is 1. The van der Waals surface area contributed by atoms with Gasteiger partial charge in [0.05, 0.1) is 5.41 Å². The number of carbonyl (C=O) groups is 1. The highest BCUT2D eigenvalue weighted by atomic mass is 35.5. The molecule has 1 aromatic carbocycles. The largest absolute Gasteiger partial charge is 0.344 e. The number of alkyl halides is 1. The first-order valence-electron chi connectivity index (χ1n) is 5.58. The van der Waals surface area contributed by atoms with Crippen LogP contribution in [0.4, 0.5) is 0 Å². The summed E-state index contributed by atoms with van der Waals surface area (Å²) in [5.74, 6) is 0.701. The second-order valence-corrected chi connectivity index (χ2v) is 4.74. The van der Waals surface area contributed by atoms with Crippen LogP contribution in [0.3, 0.4) is 0 Å². The lowest BCUT2D eigenvalue weighted by Crippen LogP contribution is -2.37. The highest BCUT2D eigenvalue weighted by molar-refractivity contribution is 6.18. The molecular weight excluding hydrogens is 222 g/mol. The van der Waals surface area contributed by atoms with Crippen LogP contribution in [0.1, 0.15) is 18.4 Å². The van der Waals surface area contributed by atoms with E-state index in [1.54, 1.807) is 4.90 Å². The van der Waals surface area contributed by atoms with E-state index in [0.29, 0.717) is 12.4 Å². The molecule has 2 rings (SSSR count). The van der Waals surface area contributed by atoms with E-state index in [4.69, 9.17) is 11.6 Å². The van der Waals surface area contributed by atoms with E-state index in [2.05, 4.69) is 0 Å². The fraction of sp³-hybridized carbons (Fsp3) is 0.462. The van der Waals surface area contributed by atoms with Crippen molar-refractivity contribution < 1.29 is 4.79 Å². The summed E-state index contributed by atoms with van der Waals surface area (Å²) in [5.41, 5.74) is 0.892. The Kier molecular flexibility index (Phi) is 3.20. The van der Waals surface area contributed by atoms with Crippen molar-refractivity contribution in [3.63, 3.8) is 0 Å². The molecule has 0 atom stereocenters. The molecule has 2 nitrogen and oxygen atoms in total. The van der Waals surface area contributed by atoms with Gasteiger partial charge < -0.3 is 4.90 Å². The van der Waals surface area contributed by atoms with Gasteiger partial charge in [-0.2, -0.15) is 0 Å². The molecular formula is C13H16ClNO. The van der Waals surface area contributed by atoms with E-state index in [1.807, 2.05) is 37.4 Å². The molecule has 1 fully saturated rings. The Labute approximate surface area is 101 Å². The monoisotopic (exact) mass is 237 g/mol. The summed E-state index contributed by atoms with van der Waals surface area (Å²) in [6.07, 6.45) is 1.92. The molecule has 3 heteroatoms. The van der Waals surface area contributed by atoms with Crippen molar-refractivity contribution in [2.75, 3.05) is 19.5 Å². The maximum atomic E-state index is 12.3. The van der Waals surface area contributed by atoms with Gasteiger partial charge in [0.1, 0.15) is 0 Å². The Hall–Kier alpha value is -1.02. The van der Waals surface area contributed by atoms with Crippen LogP contribution in [0.5, 0.6) is 0 Å². The van der Waals surface area contributed by atoms with Gasteiger partial charge in [0.2, 0.25) is 5.91 Å². The van der Waals surface area contributed by atoms with Crippen molar-refractivity contribution >= 4 is 17.5 Å². The molecule has 0 radical (unpaired) electrons. The third-order valence-corrected chi connectivity index (χ3v) is 3.42. The highest BCUT2D eigenvalue weighted by Crippen LogP contribution is 2.49. The Morgan fingerprint density at radius 2 is 2.00 bits per heavy atom. The zero-order valence-electron chi connectivity index (χ0n) is 9.45. The number of halogens is 1. The molecule has 0 aliphatic heterocycles. The average Bonchev–Trinajstić information content (AvgIpc) is 3.11. The lowest BCUT2D eigenvalue weighted by molar-refractivity contribution is -0.132. The van der Waals surface area contributed by atoms with Gasteiger partial charge in [-0.1, -0.05) is 30.3 Å². The van der Waals surface area contributed by atoms with E-state index in [1.165, 1.54) is 0 Å². The maximum absolute atomic E-state index is 12.3. The van der Waals surface area contributed by atoms with Crippen LogP contribution >= 0.6 is 11.6 Å². The summed E-state index contributed by atoms with van der Waals surface area (Å²) < 4.78 is 0. The summed E-state index contributed by atoms with van der Waals surface area (Å²) in [7, 11) is 1.83. The molecule has 1 aromatic rings. The zero-order chi connectivity index (χ0) is 11.6. The molecule has 1 amide bonds. The number of hydrogen-bond acceptors (Lipinski definition) is 1. The van der Waals surface area contributed by atoms with Gasteiger partial charge >= 0.3 is 0 Å². The fourth-order valence-electron chi connectivity index (χ4n) is 2.10. The van der Waals surface area contributed by atoms with Gasteiger partial charge in [-0.05, 0) is 18.4 Å². The SMILES string of the molecule is CN(CCCl)C(=O)C1(c2ccccc2)CC1. The Morgan fingerprint density at radius 3 is 2.50 bits per heavy atom. The van der Waals surface area contributed by atoms with Crippen molar-refractivity contribution in [2.24, 2.45) is 0 Å². The first-order valence-corrected chi connectivity index (χ1v) is 6.11. The number of hydrogen-bond donors (Lipinski definition) is 0. The van der Waals surface area contributed by atoms with Crippen LogP contribution in [0, 0.1) is 0 Å². The predicted octanol–water partition coefficient (Wildman–Crippen LogP) is 2.42. The maximum Gasteiger partial charge on any atom is 0.233 e. The number of rotatable bonds is 4. The van der Waals surface area contributed by atoms with Crippen LogP contribution < -0.4 is 0 Å². The average molecular weight is 238 g/mol. The number of amides is 1. The molecule has 1 aliphatic carbocycles. The van der Waals surface area contributed by atoms with E-state index < -0.39 is 0 Å². The topological polar surface area (TPSA) is 20.3 Å². The smallest absolute Gasteiger partial charge is 0.233 e. The van der Waals surface area contributed by atoms with E-state index in [9.17, 15) is 4.79 Å². The Morgan fingerprint density at radius 1 is 1.38 bits per heavy atom. The Bertz CT molecular complexity index is 373. The molecule has 0 unspecified atom stereocenters. The molecule has 0 bridgehead atoms. The molecule has 86 valence electrons. The first-order chi connectivity index (χ1) is 7.70. The summed E-state index contributed by atoms with van der Waals surface area (Å²) in [6.45, 7) is 0.620. The second kappa shape index (κ2) is 4.46. The minimum atomic E-state index is -0.248. The lowest BCUT2D eigenvalue weighted by Gasteiger charge is -2.23. The minimum Gasteiger partial charge on any atom is -0.344 e. The molecule has 1 saturated carbocycles. The van der Waals surface area contributed by atoms with Gasteiger partial charge in [-0.3, -0.25) is 4.79 Å². The van der Waals surface area contributed by atoms with Crippen molar-refractivity contribution in [1.82, 2.24) is 4.90 Å². The van der Waals surface area contributed by atoms with Gasteiger partial charge in [-0.15, -0.1) is 11.6 Å². The fourth-order valence-corrected chi connectivity index (χ4v) is 2.36. The summed E-state index contributed by atoms with van der Waals surface area (Å²) in [6, 6.07) is 10.0. The van der Waals surface area contributed by atoms with Gasteiger partial charge in [0.25, 0.3) is 0 Å². The summed E-state index contributed by atoms with van der Waals surface area (Å²) in [4.78, 5) is 14.0. The zero-order valence-corrected chi connectivity index (χ0v) is 10.2. The van der Waals surface area contributed by atoms with E-state index in [-0.39, 0.29) is 11.3 Å². The lowest BCUT2D eigenvalue weighted by atomic mass is 9.94. The van der Waals surface area contributed by atoms with Crippen LogP contribution in [0.2, 0.25) is 0 Å². The minimum absolute atomic E-state index is 0.208. The van der Waals surface area contributed by atoms with Crippen molar-refractivity contribution in [1.29, 1.82) is 0 Å². The number of likely N-dealkylation sites (N-methyl/N-ethyl adjacent to an activating group) is 1. The third kappa shape index (κ3) is 1.94. The summed E-state index contributed by atoms with van der Waals surface area (Å²) in [5, 5.41) is 0. The van der Waals surface area contributed by atoms with Crippen LogP contribution in [0.15, 0.2) is 30.3 Å². The van der Waals surface area contributed by atoms with Crippen molar-refractivity contribution in [3.8, 4) is 0 Å². The normalized spacial score (nSPS) is 16.9. The molecule has 16 heavy (non-hydrogen) atoms. The van der Waals surface area contributed by atoms with E-state index >= 15 is 0 Å². The molecule has 0 heterocycles. The standard InChI is InChI=1S/C13H16ClNO/c1-15(10-9-14)12(16)13(7-8-13)11-5-3-2-4-6-11/h2-6H,7-10H2,1H3. The summed E-state index contributed by atoms with van der Waals surface area (Å²) >= 11 is 5.66. The quantitative estimate of drug-likeness (QED) is 0.737. The second-order valence-electron chi connectivity index (χ2n) is 4.36. The van der Waals surface area contributed by atoms with E-state index in [0.717, 1.165) is 18.4 Å².